The van der Waals surface area contributed by atoms with E-state index in [-0.39, 0.29) is 11.7 Å². The zero-order chi connectivity index (χ0) is 12.6. The van der Waals surface area contributed by atoms with Gasteiger partial charge in [0.05, 0.1) is 10.5 Å². The molecule has 0 amide bonds. The van der Waals surface area contributed by atoms with Gasteiger partial charge in [-0.1, -0.05) is 37.6 Å². The number of Topliss-reactive ketones (excluding diaryl/α,β-unsaturated/α-hetero) is 1. The summed E-state index contributed by atoms with van der Waals surface area (Å²) in [5, 5.41) is 1.42. The van der Waals surface area contributed by atoms with Crippen molar-refractivity contribution in [1.29, 1.82) is 0 Å². The van der Waals surface area contributed by atoms with E-state index in [1.54, 1.807) is 13.0 Å². The lowest BCUT2D eigenvalue weighted by atomic mass is 10.0. The van der Waals surface area contributed by atoms with Crippen molar-refractivity contribution in [2.75, 3.05) is 0 Å². The van der Waals surface area contributed by atoms with E-state index in [2.05, 4.69) is 18.8 Å². The van der Waals surface area contributed by atoms with E-state index in [9.17, 15) is 4.79 Å². The number of rotatable bonds is 2. The second-order valence-corrected chi connectivity index (χ2v) is 4.85. The minimum atomic E-state index is 0.0431. The normalized spacial score (nSPS) is 11.1. The molecule has 0 spiro atoms. The van der Waals surface area contributed by atoms with Gasteiger partial charge in [0.15, 0.2) is 5.78 Å². The van der Waals surface area contributed by atoms with Crippen LogP contribution in [0.4, 0.5) is 0 Å². The predicted octanol–water partition coefficient (Wildman–Crippen LogP) is 4.21. The molecule has 2 aromatic rings. The third-order valence-electron chi connectivity index (χ3n) is 2.78. The Bertz CT molecular complexity index is 590. The number of benzene rings is 1. The molecule has 0 bridgehead atoms. The van der Waals surface area contributed by atoms with Crippen molar-refractivity contribution in [1.82, 2.24) is 4.98 Å². The maximum atomic E-state index is 11.7. The smallest absolute Gasteiger partial charge is 0.160 e. The molecule has 1 aromatic carbocycles. The molecule has 1 heterocycles. The maximum absolute atomic E-state index is 11.7. The number of hydrogen-bond acceptors (Lipinski definition) is 2. The van der Waals surface area contributed by atoms with Gasteiger partial charge in [-0.05, 0) is 25.0 Å². The van der Waals surface area contributed by atoms with Crippen LogP contribution in [0, 0.1) is 0 Å². The van der Waals surface area contributed by atoms with Gasteiger partial charge in [-0.3, -0.25) is 9.78 Å². The van der Waals surface area contributed by atoms with Crippen molar-refractivity contribution in [2.24, 2.45) is 0 Å². The van der Waals surface area contributed by atoms with Crippen molar-refractivity contribution in [3.63, 3.8) is 0 Å². The molecule has 0 radical (unpaired) electrons. The van der Waals surface area contributed by atoms with Gasteiger partial charge in [0, 0.05) is 16.6 Å². The topological polar surface area (TPSA) is 30.0 Å². The van der Waals surface area contributed by atoms with Crippen LogP contribution in [-0.4, -0.2) is 10.8 Å². The molecular weight excluding hydrogens is 234 g/mol. The molecule has 0 unspecified atom stereocenters. The highest BCUT2D eigenvalue weighted by atomic mass is 35.5. The van der Waals surface area contributed by atoms with Gasteiger partial charge in [-0.25, -0.2) is 0 Å². The fourth-order valence-electron chi connectivity index (χ4n) is 1.82. The Morgan fingerprint density at radius 1 is 1.35 bits per heavy atom. The molecule has 0 saturated carbocycles. The van der Waals surface area contributed by atoms with Crippen LogP contribution in [0.5, 0.6) is 0 Å². The molecule has 0 aliphatic heterocycles. The maximum Gasteiger partial charge on any atom is 0.160 e. The van der Waals surface area contributed by atoms with Crippen molar-refractivity contribution >= 4 is 28.3 Å². The summed E-state index contributed by atoms with van der Waals surface area (Å²) >= 11 is 6.14. The second kappa shape index (κ2) is 4.46. The van der Waals surface area contributed by atoms with Gasteiger partial charge in [0.25, 0.3) is 0 Å². The molecule has 2 rings (SSSR count). The van der Waals surface area contributed by atoms with Crippen molar-refractivity contribution in [3.8, 4) is 0 Å². The summed E-state index contributed by atoms with van der Waals surface area (Å²) in [6, 6.07) is 7.39. The van der Waals surface area contributed by atoms with Crippen molar-refractivity contribution in [3.05, 3.63) is 40.5 Å². The summed E-state index contributed by atoms with van der Waals surface area (Å²) in [6.07, 6.45) is 0. The first-order valence-corrected chi connectivity index (χ1v) is 5.98. The standard InChI is InChI=1S/C14H14ClNO/c1-8(2)13-7-11(9(3)17)10-5-4-6-12(15)14(10)16-13/h4-8H,1-3H3. The summed E-state index contributed by atoms with van der Waals surface area (Å²) in [5.74, 6) is 0.315. The summed E-state index contributed by atoms with van der Waals surface area (Å²) in [7, 11) is 0. The van der Waals surface area contributed by atoms with Crippen LogP contribution in [0.1, 0.15) is 42.7 Å². The van der Waals surface area contributed by atoms with Gasteiger partial charge in [0.1, 0.15) is 0 Å². The van der Waals surface area contributed by atoms with Gasteiger partial charge < -0.3 is 0 Å². The SMILES string of the molecule is CC(=O)c1cc(C(C)C)nc2c(Cl)cccc12. The average Bonchev–Trinajstić information content (AvgIpc) is 2.28. The first-order valence-electron chi connectivity index (χ1n) is 5.61. The van der Waals surface area contributed by atoms with E-state index in [1.807, 2.05) is 18.2 Å². The number of carbonyl (C=O) groups excluding carboxylic acids is 1. The molecule has 0 aliphatic rings. The fourth-order valence-corrected chi connectivity index (χ4v) is 2.04. The average molecular weight is 248 g/mol. The zero-order valence-corrected chi connectivity index (χ0v) is 10.9. The minimum Gasteiger partial charge on any atom is -0.294 e. The van der Waals surface area contributed by atoms with Crippen LogP contribution in [-0.2, 0) is 0 Å². The van der Waals surface area contributed by atoms with Gasteiger partial charge in [-0.2, -0.15) is 0 Å². The Hall–Kier alpha value is -1.41. The predicted molar refractivity (Wildman–Crippen MR) is 70.8 cm³/mol. The number of fused-ring (bicyclic) bond motifs is 1. The number of hydrogen-bond donors (Lipinski definition) is 0. The van der Waals surface area contributed by atoms with Crippen LogP contribution in [0.2, 0.25) is 5.02 Å². The van der Waals surface area contributed by atoms with Crippen LogP contribution >= 0.6 is 11.6 Å². The van der Waals surface area contributed by atoms with Crippen LogP contribution in [0.3, 0.4) is 0 Å². The Labute approximate surface area is 106 Å². The number of ketones is 1. The first-order chi connectivity index (χ1) is 8.00. The first kappa shape index (κ1) is 12.1. The summed E-state index contributed by atoms with van der Waals surface area (Å²) < 4.78 is 0. The van der Waals surface area contributed by atoms with E-state index in [1.165, 1.54) is 0 Å². The molecule has 0 atom stereocenters. The molecule has 0 saturated heterocycles. The van der Waals surface area contributed by atoms with E-state index in [0.717, 1.165) is 11.1 Å². The van der Waals surface area contributed by atoms with Crippen LogP contribution in [0.15, 0.2) is 24.3 Å². The van der Waals surface area contributed by atoms with E-state index < -0.39 is 0 Å². The number of para-hydroxylation sites is 1. The Morgan fingerprint density at radius 2 is 2.06 bits per heavy atom. The number of pyridine rings is 1. The Morgan fingerprint density at radius 3 is 2.65 bits per heavy atom. The number of nitrogens with zero attached hydrogens (tertiary/aromatic N) is 1. The van der Waals surface area contributed by atoms with Crippen molar-refractivity contribution in [2.45, 2.75) is 26.7 Å². The molecule has 1 aromatic heterocycles. The molecule has 0 aliphatic carbocycles. The highest BCUT2D eigenvalue weighted by Crippen LogP contribution is 2.27. The molecule has 2 nitrogen and oxygen atoms in total. The molecule has 3 heteroatoms. The van der Waals surface area contributed by atoms with Crippen LogP contribution < -0.4 is 0 Å². The van der Waals surface area contributed by atoms with Crippen LogP contribution in [0.25, 0.3) is 10.9 Å². The lowest BCUT2D eigenvalue weighted by Gasteiger charge is -2.10. The summed E-state index contributed by atoms with van der Waals surface area (Å²) in [4.78, 5) is 16.2. The van der Waals surface area contributed by atoms with Gasteiger partial charge in [0.2, 0.25) is 0 Å². The highest BCUT2D eigenvalue weighted by molar-refractivity contribution is 6.35. The van der Waals surface area contributed by atoms with E-state index >= 15 is 0 Å². The van der Waals surface area contributed by atoms with Crippen molar-refractivity contribution < 1.29 is 4.79 Å². The van der Waals surface area contributed by atoms with Gasteiger partial charge in [-0.15, -0.1) is 0 Å². The lowest BCUT2D eigenvalue weighted by Crippen LogP contribution is -2.01. The number of halogens is 1. The number of aromatic nitrogens is 1. The lowest BCUT2D eigenvalue weighted by molar-refractivity contribution is 0.101. The number of carbonyl (C=O) groups is 1. The fraction of sp³-hybridized carbons (Fsp3) is 0.286. The van der Waals surface area contributed by atoms with Gasteiger partial charge >= 0.3 is 0 Å². The third kappa shape index (κ3) is 2.18. The monoisotopic (exact) mass is 247 g/mol. The largest absolute Gasteiger partial charge is 0.294 e. The quantitative estimate of drug-likeness (QED) is 0.744. The third-order valence-corrected chi connectivity index (χ3v) is 3.09. The molecular formula is C14H14ClNO. The van der Waals surface area contributed by atoms with E-state index in [0.29, 0.717) is 16.1 Å². The Kier molecular flexibility index (Phi) is 3.16. The summed E-state index contributed by atoms with van der Waals surface area (Å²) in [5.41, 5.74) is 2.31. The molecule has 0 fully saturated rings. The highest BCUT2D eigenvalue weighted by Gasteiger charge is 2.12. The Balaban J connectivity index is 2.86. The zero-order valence-electron chi connectivity index (χ0n) is 10.1. The molecule has 17 heavy (non-hydrogen) atoms. The van der Waals surface area contributed by atoms with E-state index in [4.69, 9.17) is 11.6 Å². The second-order valence-electron chi connectivity index (χ2n) is 4.44. The molecule has 0 N–H and O–H groups in total. The minimum absolute atomic E-state index is 0.0431. The molecule has 88 valence electrons. The summed E-state index contributed by atoms with van der Waals surface area (Å²) in [6.45, 7) is 5.67.